The van der Waals surface area contributed by atoms with Crippen LogP contribution >= 0.6 is 0 Å². The van der Waals surface area contributed by atoms with Gasteiger partial charge in [0.1, 0.15) is 0 Å². The lowest BCUT2D eigenvalue weighted by molar-refractivity contribution is -0.312. The minimum Gasteiger partial charge on any atom is -0.548 e. The second kappa shape index (κ2) is 3.01. The Morgan fingerprint density at radius 2 is 2.30 bits per heavy atom. The van der Waals surface area contributed by atoms with Gasteiger partial charge < -0.3 is 9.90 Å². The summed E-state index contributed by atoms with van der Waals surface area (Å²) in [7, 11) is 1.83. The van der Waals surface area contributed by atoms with Crippen molar-refractivity contribution in [2.75, 3.05) is 13.6 Å². The Hall–Kier alpha value is -0.570. The van der Waals surface area contributed by atoms with Crippen LogP contribution in [0, 0.1) is 0 Å². The van der Waals surface area contributed by atoms with Crippen LogP contribution in [0.1, 0.15) is 19.3 Å². The van der Waals surface area contributed by atoms with E-state index in [1.54, 1.807) is 0 Å². The van der Waals surface area contributed by atoms with Gasteiger partial charge in [0.15, 0.2) is 0 Å². The molecule has 1 atom stereocenters. The van der Waals surface area contributed by atoms with Gasteiger partial charge >= 0.3 is 0 Å². The number of rotatable bonds is 1. The lowest BCUT2D eigenvalue weighted by Crippen LogP contribution is -2.48. The highest BCUT2D eigenvalue weighted by molar-refractivity contribution is 5.71. The Labute approximate surface area is 60.6 Å². The predicted octanol–water partition coefficient (Wildman–Crippen LogP) is -0.779. The summed E-state index contributed by atoms with van der Waals surface area (Å²) in [6.45, 7) is 0.888. The first kappa shape index (κ1) is 7.54. The minimum absolute atomic E-state index is 0.339. The maximum absolute atomic E-state index is 10.4. The van der Waals surface area contributed by atoms with Crippen LogP contribution in [0.15, 0.2) is 0 Å². The lowest BCUT2D eigenvalue weighted by Gasteiger charge is -2.32. The van der Waals surface area contributed by atoms with E-state index in [1.807, 2.05) is 11.9 Å². The summed E-state index contributed by atoms with van der Waals surface area (Å²) < 4.78 is 0. The molecule has 0 aromatic rings. The average molecular weight is 142 g/mol. The molecule has 0 spiro atoms. The summed E-state index contributed by atoms with van der Waals surface area (Å²) in [5, 5.41) is 10.4. The van der Waals surface area contributed by atoms with Crippen LogP contribution in [0.25, 0.3) is 0 Å². The molecule has 1 aliphatic rings. The number of likely N-dealkylation sites (N-methyl/N-ethyl adjacent to an activating group) is 1. The first-order chi connectivity index (χ1) is 4.72. The molecule has 10 heavy (non-hydrogen) atoms. The normalized spacial score (nSPS) is 28.3. The standard InChI is InChI=1S/C7H13NO2/c1-8-5-3-2-4-6(8)7(9)10/h6H,2-5H2,1H3,(H,9,10)/p-1. The Balaban J connectivity index is 2.47. The second-order valence-electron chi connectivity index (χ2n) is 2.81. The molecule has 3 nitrogen and oxygen atoms in total. The van der Waals surface area contributed by atoms with Crippen molar-refractivity contribution >= 4 is 5.97 Å². The molecule has 0 amide bonds. The third-order valence-electron chi connectivity index (χ3n) is 2.04. The van der Waals surface area contributed by atoms with E-state index in [4.69, 9.17) is 0 Å². The van der Waals surface area contributed by atoms with E-state index < -0.39 is 5.97 Å². The molecular weight excluding hydrogens is 130 g/mol. The predicted molar refractivity (Wildman–Crippen MR) is 35.3 cm³/mol. The van der Waals surface area contributed by atoms with Crippen molar-refractivity contribution in [2.45, 2.75) is 25.3 Å². The average Bonchev–Trinajstić information content (AvgIpc) is 1.88. The smallest absolute Gasteiger partial charge is 0.0586 e. The number of likely N-dealkylation sites (tertiary alicyclic amines) is 1. The minimum atomic E-state index is -0.929. The van der Waals surface area contributed by atoms with Gasteiger partial charge in [-0.2, -0.15) is 0 Å². The number of aliphatic carboxylic acids is 1. The number of piperidine rings is 1. The number of carboxylic acids is 1. The van der Waals surface area contributed by atoms with E-state index in [0.29, 0.717) is 0 Å². The van der Waals surface area contributed by atoms with Crippen molar-refractivity contribution in [1.29, 1.82) is 0 Å². The van der Waals surface area contributed by atoms with Crippen LogP contribution < -0.4 is 5.11 Å². The van der Waals surface area contributed by atoms with Gasteiger partial charge in [0, 0.05) is 6.04 Å². The molecule has 0 aromatic heterocycles. The van der Waals surface area contributed by atoms with Crippen molar-refractivity contribution in [3.63, 3.8) is 0 Å². The van der Waals surface area contributed by atoms with Crippen LogP contribution in [0.2, 0.25) is 0 Å². The van der Waals surface area contributed by atoms with Crippen molar-refractivity contribution < 1.29 is 9.90 Å². The number of nitrogens with zero attached hydrogens (tertiary/aromatic N) is 1. The highest BCUT2D eigenvalue weighted by atomic mass is 16.4. The molecule has 0 aliphatic carbocycles. The van der Waals surface area contributed by atoms with Gasteiger partial charge in [-0.1, -0.05) is 6.42 Å². The summed E-state index contributed by atoms with van der Waals surface area (Å²) in [5.74, 6) is -0.929. The number of carboxylic acid groups (broad SMARTS) is 1. The summed E-state index contributed by atoms with van der Waals surface area (Å²) in [6, 6.07) is -0.339. The van der Waals surface area contributed by atoms with Crippen LogP contribution in [0.5, 0.6) is 0 Å². The van der Waals surface area contributed by atoms with Gasteiger partial charge in [0.25, 0.3) is 0 Å². The SMILES string of the molecule is CN1CCCCC1C(=O)[O-]. The molecule has 1 aliphatic heterocycles. The number of carbonyl (C=O) groups excluding carboxylic acids is 1. The van der Waals surface area contributed by atoms with E-state index in [9.17, 15) is 9.90 Å². The monoisotopic (exact) mass is 142 g/mol. The zero-order valence-corrected chi connectivity index (χ0v) is 6.17. The van der Waals surface area contributed by atoms with Crippen molar-refractivity contribution in [3.8, 4) is 0 Å². The molecular formula is C7H12NO2-. The van der Waals surface area contributed by atoms with E-state index in [-0.39, 0.29) is 6.04 Å². The fraction of sp³-hybridized carbons (Fsp3) is 0.857. The van der Waals surface area contributed by atoms with Crippen LogP contribution in [0.3, 0.4) is 0 Å². The van der Waals surface area contributed by atoms with Gasteiger partial charge in [-0.3, -0.25) is 4.90 Å². The summed E-state index contributed by atoms with van der Waals surface area (Å²) >= 11 is 0. The zero-order chi connectivity index (χ0) is 7.56. The Kier molecular flexibility index (Phi) is 2.27. The maximum atomic E-state index is 10.4. The maximum Gasteiger partial charge on any atom is 0.0586 e. The van der Waals surface area contributed by atoms with Gasteiger partial charge in [0.05, 0.1) is 5.97 Å². The molecule has 1 heterocycles. The summed E-state index contributed by atoms with van der Waals surface area (Å²) in [5.41, 5.74) is 0. The fourth-order valence-corrected chi connectivity index (χ4v) is 1.37. The van der Waals surface area contributed by atoms with Crippen LogP contribution in [-0.2, 0) is 4.79 Å². The largest absolute Gasteiger partial charge is 0.548 e. The topological polar surface area (TPSA) is 43.4 Å². The molecule has 1 saturated heterocycles. The highest BCUT2D eigenvalue weighted by Crippen LogP contribution is 2.13. The Morgan fingerprint density at radius 1 is 1.60 bits per heavy atom. The van der Waals surface area contributed by atoms with E-state index in [2.05, 4.69) is 0 Å². The molecule has 1 fully saturated rings. The molecule has 1 rings (SSSR count). The van der Waals surface area contributed by atoms with Crippen LogP contribution in [-0.4, -0.2) is 30.5 Å². The Morgan fingerprint density at radius 3 is 2.70 bits per heavy atom. The third kappa shape index (κ3) is 1.48. The summed E-state index contributed by atoms with van der Waals surface area (Å²) in [6.07, 6.45) is 2.88. The van der Waals surface area contributed by atoms with Crippen molar-refractivity contribution in [2.24, 2.45) is 0 Å². The molecule has 0 bridgehead atoms. The van der Waals surface area contributed by atoms with Crippen LogP contribution in [0.4, 0.5) is 0 Å². The number of hydrogen-bond acceptors (Lipinski definition) is 3. The second-order valence-corrected chi connectivity index (χ2v) is 2.81. The van der Waals surface area contributed by atoms with E-state index >= 15 is 0 Å². The van der Waals surface area contributed by atoms with Crippen molar-refractivity contribution in [3.05, 3.63) is 0 Å². The van der Waals surface area contributed by atoms with Gasteiger partial charge in [-0.25, -0.2) is 0 Å². The van der Waals surface area contributed by atoms with Gasteiger partial charge in [-0.15, -0.1) is 0 Å². The molecule has 0 radical (unpaired) electrons. The highest BCUT2D eigenvalue weighted by Gasteiger charge is 2.18. The molecule has 58 valence electrons. The molecule has 1 unspecified atom stereocenters. The molecule has 0 saturated carbocycles. The van der Waals surface area contributed by atoms with E-state index in [0.717, 1.165) is 25.8 Å². The quantitative estimate of drug-likeness (QED) is 0.482. The van der Waals surface area contributed by atoms with Gasteiger partial charge in [-0.05, 0) is 26.4 Å². The first-order valence-corrected chi connectivity index (χ1v) is 3.63. The zero-order valence-electron chi connectivity index (χ0n) is 6.17. The lowest BCUT2D eigenvalue weighted by atomic mass is 10.0. The van der Waals surface area contributed by atoms with E-state index in [1.165, 1.54) is 0 Å². The molecule has 3 heteroatoms. The Bertz CT molecular complexity index is 136. The van der Waals surface area contributed by atoms with Crippen molar-refractivity contribution in [1.82, 2.24) is 4.90 Å². The van der Waals surface area contributed by atoms with Gasteiger partial charge in [0.2, 0.25) is 0 Å². The number of carbonyl (C=O) groups is 1. The summed E-state index contributed by atoms with van der Waals surface area (Å²) in [4.78, 5) is 12.3. The number of hydrogen-bond donors (Lipinski definition) is 0. The molecule has 0 N–H and O–H groups in total. The third-order valence-corrected chi connectivity index (χ3v) is 2.04. The molecule has 0 aromatic carbocycles. The fourth-order valence-electron chi connectivity index (χ4n) is 1.37. The first-order valence-electron chi connectivity index (χ1n) is 3.63.